The van der Waals surface area contributed by atoms with Gasteiger partial charge in [-0.1, -0.05) is 49.8 Å². The third kappa shape index (κ3) is 7.24. The summed E-state index contributed by atoms with van der Waals surface area (Å²) in [7, 11) is -1.57. The van der Waals surface area contributed by atoms with E-state index < -0.39 is 34.2 Å². The van der Waals surface area contributed by atoms with Gasteiger partial charge in [-0.15, -0.1) is 0 Å². The van der Waals surface area contributed by atoms with E-state index >= 15 is 0 Å². The number of alkyl halides is 3. The van der Waals surface area contributed by atoms with E-state index in [1.807, 2.05) is 11.0 Å². The minimum atomic E-state index is -4.67. The highest BCUT2D eigenvalue weighted by atomic mass is 32.2. The van der Waals surface area contributed by atoms with E-state index in [1.165, 1.54) is 12.1 Å². The molecule has 1 heterocycles. The molecule has 1 aromatic carbocycles. The first-order chi connectivity index (χ1) is 18.7. The highest BCUT2D eigenvalue weighted by Gasteiger charge is 2.35. The van der Waals surface area contributed by atoms with Gasteiger partial charge >= 0.3 is 6.18 Å². The summed E-state index contributed by atoms with van der Waals surface area (Å²) in [6.07, 6.45) is 9.91. The van der Waals surface area contributed by atoms with Crippen molar-refractivity contribution in [1.29, 1.82) is 0 Å². The van der Waals surface area contributed by atoms with Crippen LogP contribution in [0, 0.1) is 0 Å². The van der Waals surface area contributed by atoms with Crippen LogP contribution in [0.3, 0.4) is 0 Å². The van der Waals surface area contributed by atoms with Gasteiger partial charge in [0.05, 0.1) is 16.0 Å². The van der Waals surface area contributed by atoms with Crippen LogP contribution < -0.4 is 10.0 Å². The minimum absolute atomic E-state index is 0.0239. The van der Waals surface area contributed by atoms with Crippen molar-refractivity contribution < 1.29 is 27.0 Å². The molecule has 6 nitrogen and oxygen atoms in total. The second-order valence-corrected chi connectivity index (χ2v) is 10.9. The van der Waals surface area contributed by atoms with Crippen molar-refractivity contribution >= 4 is 22.8 Å². The van der Waals surface area contributed by atoms with Crippen LogP contribution in [0.4, 0.5) is 13.2 Å². The Morgan fingerprint density at radius 3 is 2.41 bits per heavy atom. The standard InChI is InChI=1S/C29H32F3N3O3S/c1-2-3-12-27(36)35-17-15-22(16-18-35)34-39(38)26-14-13-25(20-8-4-5-9-21(26)19-20)33-28(37)23-10-6-7-11-24(23)29(30,31)32/h4-11,13-14,22,34H,2-3,12,15-19H2,1H3,(H,33,37). The van der Waals surface area contributed by atoms with E-state index in [0.717, 1.165) is 30.5 Å². The molecule has 2 amide bonds. The van der Waals surface area contributed by atoms with Crippen LogP contribution in [0.2, 0.25) is 0 Å². The van der Waals surface area contributed by atoms with Crippen LogP contribution in [-0.2, 0) is 22.0 Å². The fourth-order valence-electron chi connectivity index (χ4n) is 4.76. The van der Waals surface area contributed by atoms with Gasteiger partial charge in [-0.2, -0.15) is 13.2 Å². The molecule has 4 rings (SSSR count). The number of rotatable bonds is 8. The van der Waals surface area contributed by atoms with E-state index in [0.29, 0.717) is 54.9 Å². The van der Waals surface area contributed by atoms with Crippen molar-refractivity contribution in [3.05, 3.63) is 93.6 Å². The van der Waals surface area contributed by atoms with E-state index in [4.69, 9.17) is 0 Å². The van der Waals surface area contributed by atoms with Gasteiger partial charge in [-0.25, -0.2) is 8.93 Å². The maximum atomic E-state index is 13.5. The molecule has 1 unspecified atom stereocenters. The third-order valence-electron chi connectivity index (χ3n) is 6.94. The highest BCUT2D eigenvalue weighted by Crippen LogP contribution is 2.33. The summed E-state index contributed by atoms with van der Waals surface area (Å²) in [6.45, 7) is 3.28. The monoisotopic (exact) mass is 559 g/mol. The Balaban J connectivity index is 1.48. The number of benzene rings is 1. The molecule has 0 spiro atoms. The molecule has 0 radical (unpaired) electrons. The fraction of sp³-hybridized carbons (Fsp3) is 0.379. The number of allylic oxidation sites excluding steroid dienone is 8. The average molecular weight is 560 g/mol. The van der Waals surface area contributed by atoms with Crippen LogP contribution in [-0.4, -0.2) is 40.1 Å². The number of likely N-dealkylation sites (tertiary alicyclic amines) is 1. The molecule has 39 heavy (non-hydrogen) atoms. The number of amides is 2. The zero-order chi connectivity index (χ0) is 28.0. The lowest BCUT2D eigenvalue weighted by Crippen LogP contribution is -2.45. The van der Waals surface area contributed by atoms with Gasteiger partial charge in [-0.05, 0) is 54.7 Å². The Kier molecular flexibility index (Phi) is 9.40. The first kappa shape index (κ1) is 28.8. The molecule has 2 N–H and O–H groups in total. The molecule has 1 aliphatic heterocycles. The van der Waals surface area contributed by atoms with Gasteiger partial charge in [0.2, 0.25) is 5.91 Å². The first-order valence-electron chi connectivity index (χ1n) is 13.1. The molecule has 1 atom stereocenters. The van der Waals surface area contributed by atoms with Gasteiger partial charge in [0.1, 0.15) is 11.0 Å². The molecule has 1 saturated heterocycles. The van der Waals surface area contributed by atoms with Crippen molar-refractivity contribution in [1.82, 2.24) is 14.9 Å². The summed E-state index contributed by atoms with van der Waals surface area (Å²) < 4.78 is 57.0. The lowest BCUT2D eigenvalue weighted by Gasteiger charge is -2.32. The van der Waals surface area contributed by atoms with Crippen LogP contribution >= 0.6 is 0 Å². The maximum absolute atomic E-state index is 13.5. The number of nitrogens with one attached hydrogen (secondary N) is 2. The largest absolute Gasteiger partial charge is 0.417 e. The maximum Gasteiger partial charge on any atom is 0.417 e. The molecule has 3 aliphatic rings. The summed E-state index contributed by atoms with van der Waals surface area (Å²) in [6, 6.07) is 4.63. The quantitative estimate of drug-likeness (QED) is 0.444. The third-order valence-corrected chi connectivity index (χ3v) is 8.29. The first-order valence-corrected chi connectivity index (χ1v) is 14.2. The van der Waals surface area contributed by atoms with E-state index in [2.05, 4.69) is 17.0 Å². The molecule has 208 valence electrons. The molecular weight excluding hydrogens is 527 g/mol. The lowest BCUT2D eigenvalue weighted by atomic mass is 10.0. The van der Waals surface area contributed by atoms with Gasteiger partial charge in [0, 0.05) is 37.7 Å². The summed E-state index contributed by atoms with van der Waals surface area (Å²) in [4.78, 5) is 27.6. The summed E-state index contributed by atoms with van der Waals surface area (Å²) in [5.41, 5.74) is 0.343. The Morgan fingerprint density at radius 1 is 1.03 bits per heavy atom. The number of hydrogen-bond acceptors (Lipinski definition) is 3. The van der Waals surface area contributed by atoms with Crippen molar-refractivity contribution in [2.75, 3.05) is 13.1 Å². The van der Waals surface area contributed by atoms with Gasteiger partial charge < -0.3 is 10.2 Å². The molecule has 0 aromatic heterocycles. The van der Waals surface area contributed by atoms with Crippen LogP contribution in [0.5, 0.6) is 0 Å². The van der Waals surface area contributed by atoms with Crippen molar-refractivity contribution in [3.63, 3.8) is 0 Å². The number of carbonyl (C=O) groups is 2. The molecule has 2 aliphatic carbocycles. The predicted octanol–water partition coefficient (Wildman–Crippen LogP) is 5.46. The number of halogens is 3. The second kappa shape index (κ2) is 12.7. The number of carbonyl (C=O) groups excluding carboxylic acids is 2. The van der Waals surface area contributed by atoms with Crippen molar-refractivity contribution in [2.24, 2.45) is 0 Å². The summed E-state index contributed by atoms with van der Waals surface area (Å²) in [5, 5.41) is 2.63. The average Bonchev–Trinajstić information content (AvgIpc) is 3.26. The highest BCUT2D eigenvalue weighted by molar-refractivity contribution is 7.87. The second-order valence-electron chi connectivity index (χ2n) is 9.70. The van der Waals surface area contributed by atoms with Crippen molar-refractivity contribution in [2.45, 2.75) is 57.7 Å². The Bertz CT molecular complexity index is 1290. The van der Waals surface area contributed by atoms with Crippen LogP contribution in [0.15, 0.2) is 82.5 Å². The van der Waals surface area contributed by atoms with Gasteiger partial charge in [0.25, 0.3) is 5.91 Å². The molecule has 0 saturated carbocycles. The van der Waals surface area contributed by atoms with Crippen molar-refractivity contribution in [3.8, 4) is 0 Å². The normalized spacial score (nSPS) is 18.7. The predicted molar refractivity (Wildman–Crippen MR) is 145 cm³/mol. The minimum Gasteiger partial charge on any atom is -0.343 e. The Hall–Kier alpha value is -3.24. The molecular formula is C29H32F3N3O3S. The summed E-state index contributed by atoms with van der Waals surface area (Å²) >= 11 is 0. The van der Waals surface area contributed by atoms with E-state index in [9.17, 15) is 27.0 Å². The Labute approximate surface area is 229 Å². The number of unbranched alkanes of at least 4 members (excludes halogenated alkanes) is 1. The molecule has 2 bridgehead atoms. The van der Waals surface area contributed by atoms with Gasteiger partial charge in [0.15, 0.2) is 0 Å². The zero-order valence-corrected chi connectivity index (χ0v) is 22.5. The van der Waals surface area contributed by atoms with Crippen LogP contribution in [0.25, 0.3) is 0 Å². The molecule has 10 heteroatoms. The summed E-state index contributed by atoms with van der Waals surface area (Å²) in [5.74, 6) is -0.708. The fourth-order valence-corrected chi connectivity index (χ4v) is 6.00. The topological polar surface area (TPSA) is 78.5 Å². The number of nitrogens with zero attached hydrogens (tertiary/aromatic N) is 1. The molecule has 1 fully saturated rings. The number of fused-ring (bicyclic) bond motifs is 2. The lowest BCUT2D eigenvalue weighted by molar-refractivity contribution is -0.138. The smallest absolute Gasteiger partial charge is 0.343 e. The number of piperidine rings is 1. The molecule has 1 aromatic rings. The number of hydrogen-bond donors (Lipinski definition) is 2. The van der Waals surface area contributed by atoms with E-state index in [1.54, 1.807) is 30.4 Å². The van der Waals surface area contributed by atoms with Gasteiger partial charge in [-0.3, -0.25) is 9.59 Å². The van der Waals surface area contributed by atoms with E-state index in [-0.39, 0.29) is 11.9 Å². The van der Waals surface area contributed by atoms with Crippen LogP contribution in [0.1, 0.15) is 61.4 Å². The zero-order valence-electron chi connectivity index (χ0n) is 21.7. The Morgan fingerprint density at radius 2 is 1.72 bits per heavy atom. The SMILES string of the molecule is CCCCC(=O)N1CCC(NS(=O)C2=CC=C(NC(=O)c3ccccc3C(F)(F)F)C3=CC=CC=C2C3)CC1.